The summed E-state index contributed by atoms with van der Waals surface area (Å²) in [5, 5.41) is 12.4. The molecule has 1 fully saturated rings. The van der Waals surface area contributed by atoms with Crippen molar-refractivity contribution in [3.8, 4) is 17.2 Å². The third-order valence-corrected chi connectivity index (χ3v) is 4.96. The molecule has 2 aromatic rings. The van der Waals surface area contributed by atoms with Crippen LogP contribution in [0.15, 0.2) is 48.0 Å². The average Bonchev–Trinajstić information content (AvgIpc) is 2.91. The lowest BCUT2D eigenvalue weighted by molar-refractivity contribution is -0.117. The van der Waals surface area contributed by atoms with Gasteiger partial charge in [-0.05, 0) is 65.6 Å². The molecule has 1 aliphatic carbocycles. The van der Waals surface area contributed by atoms with Crippen LogP contribution in [0.3, 0.4) is 0 Å². The first-order valence-corrected chi connectivity index (χ1v) is 8.36. The number of nitrogens with zero attached hydrogens (tertiary/aromatic N) is 1. The summed E-state index contributed by atoms with van der Waals surface area (Å²) >= 11 is 0. The zero-order valence-corrected chi connectivity index (χ0v) is 13.4. The Hall–Kier alpha value is -2.86. The molecule has 2 bridgehead atoms. The molecule has 1 atom stereocenters. The Morgan fingerprint density at radius 3 is 2.75 bits per heavy atom. The van der Waals surface area contributed by atoms with E-state index in [1.54, 1.807) is 0 Å². The molecule has 0 radical (unpaired) electrons. The van der Waals surface area contributed by atoms with E-state index in [4.69, 9.17) is 0 Å². The van der Waals surface area contributed by atoms with E-state index >= 15 is 0 Å². The zero-order valence-electron chi connectivity index (χ0n) is 13.4. The van der Waals surface area contributed by atoms with Crippen molar-refractivity contribution in [1.82, 2.24) is 5.32 Å². The number of amides is 1. The molecule has 3 heteroatoms. The van der Waals surface area contributed by atoms with Gasteiger partial charge in [-0.25, -0.2) is 0 Å². The van der Waals surface area contributed by atoms with Crippen LogP contribution >= 0.6 is 0 Å². The average molecular weight is 314 g/mol. The van der Waals surface area contributed by atoms with Crippen molar-refractivity contribution in [2.45, 2.75) is 19.3 Å². The maximum Gasteiger partial charge on any atom is 0.247 e. The summed E-state index contributed by atoms with van der Waals surface area (Å²) in [6.45, 7) is 0.743. The highest BCUT2D eigenvalue weighted by atomic mass is 16.1. The molecular weight excluding hydrogens is 296 g/mol. The number of nitrogens with one attached hydrogen (secondary N) is 1. The molecule has 0 spiro atoms. The number of nitriles is 1. The fourth-order valence-corrected chi connectivity index (χ4v) is 3.78. The van der Waals surface area contributed by atoms with Gasteiger partial charge < -0.3 is 5.32 Å². The Morgan fingerprint density at radius 2 is 1.96 bits per heavy atom. The molecule has 2 aromatic carbocycles. The first-order chi connectivity index (χ1) is 11.7. The van der Waals surface area contributed by atoms with Crippen molar-refractivity contribution < 1.29 is 4.79 Å². The van der Waals surface area contributed by atoms with Crippen molar-refractivity contribution in [2.24, 2.45) is 5.92 Å². The van der Waals surface area contributed by atoms with Gasteiger partial charge in [0.25, 0.3) is 0 Å². The van der Waals surface area contributed by atoms with Gasteiger partial charge in [0.05, 0.1) is 11.6 Å². The molecule has 118 valence electrons. The van der Waals surface area contributed by atoms with E-state index in [9.17, 15) is 10.1 Å². The summed E-state index contributed by atoms with van der Waals surface area (Å²) in [7, 11) is 0. The van der Waals surface area contributed by atoms with Crippen LogP contribution in [0.2, 0.25) is 0 Å². The highest BCUT2D eigenvalue weighted by molar-refractivity contribution is 5.99. The lowest BCUT2D eigenvalue weighted by Crippen LogP contribution is -2.23. The fourth-order valence-electron chi connectivity index (χ4n) is 3.78. The van der Waals surface area contributed by atoms with Crippen molar-refractivity contribution in [3.05, 3.63) is 64.7 Å². The minimum atomic E-state index is 0.0361. The van der Waals surface area contributed by atoms with Crippen molar-refractivity contribution in [2.75, 3.05) is 6.54 Å². The number of hydrogen-bond acceptors (Lipinski definition) is 2. The van der Waals surface area contributed by atoms with Crippen LogP contribution in [0.5, 0.6) is 0 Å². The van der Waals surface area contributed by atoms with Crippen molar-refractivity contribution in [3.63, 3.8) is 0 Å². The van der Waals surface area contributed by atoms with Crippen molar-refractivity contribution >= 4 is 12.0 Å². The molecule has 24 heavy (non-hydrogen) atoms. The summed E-state index contributed by atoms with van der Waals surface area (Å²) in [5.74, 6) is 0.501. The van der Waals surface area contributed by atoms with Gasteiger partial charge in [0.2, 0.25) is 5.91 Å². The van der Waals surface area contributed by atoms with Crippen LogP contribution in [0.1, 0.15) is 29.5 Å². The normalized spacial score (nSPS) is 19.2. The number of carbonyl (C=O) groups excluding carboxylic acids is 1. The second-order valence-electron chi connectivity index (χ2n) is 6.56. The zero-order chi connectivity index (χ0) is 16.5. The van der Waals surface area contributed by atoms with Crippen LogP contribution in [-0.4, -0.2) is 12.5 Å². The maximum absolute atomic E-state index is 12.3. The molecule has 3 nitrogen and oxygen atoms in total. The second kappa shape index (κ2) is 5.98. The Balaban J connectivity index is 1.95. The molecule has 2 aliphatic rings. The van der Waals surface area contributed by atoms with E-state index in [1.807, 2.05) is 36.4 Å². The highest BCUT2D eigenvalue weighted by Gasteiger charge is 2.26. The fraction of sp³-hybridized carbons (Fsp3) is 0.238. The third-order valence-electron chi connectivity index (χ3n) is 4.96. The van der Waals surface area contributed by atoms with Crippen molar-refractivity contribution in [1.29, 1.82) is 5.26 Å². The monoisotopic (exact) mass is 314 g/mol. The molecule has 1 unspecified atom stereocenters. The maximum atomic E-state index is 12.3. The van der Waals surface area contributed by atoms with Gasteiger partial charge in [-0.2, -0.15) is 5.26 Å². The van der Waals surface area contributed by atoms with Crippen LogP contribution in [0.4, 0.5) is 0 Å². The molecule has 4 rings (SSSR count). The van der Waals surface area contributed by atoms with Gasteiger partial charge in [-0.3, -0.25) is 4.79 Å². The van der Waals surface area contributed by atoms with Gasteiger partial charge in [0.1, 0.15) is 0 Å². The first kappa shape index (κ1) is 14.7. The van der Waals surface area contributed by atoms with Gasteiger partial charge in [0.15, 0.2) is 0 Å². The molecule has 1 aliphatic heterocycles. The van der Waals surface area contributed by atoms with Gasteiger partial charge in [0, 0.05) is 12.1 Å². The molecule has 1 N–H and O–H groups in total. The predicted octanol–water partition coefficient (Wildman–Crippen LogP) is 3.69. The third kappa shape index (κ3) is 2.61. The number of benzene rings is 2. The molecular formula is C21H18N2O. The molecule has 1 saturated heterocycles. The summed E-state index contributed by atoms with van der Waals surface area (Å²) in [6, 6.07) is 16.4. The molecule has 1 heterocycles. The topological polar surface area (TPSA) is 52.9 Å². The number of carbonyl (C=O) groups is 1. The summed E-state index contributed by atoms with van der Waals surface area (Å²) in [6.07, 6.45) is 4.75. The summed E-state index contributed by atoms with van der Waals surface area (Å²) < 4.78 is 0. The predicted molar refractivity (Wildman–Crippen MR) is 94.0 cm³/mol. The van der Waals surface area contributed by atoms with Crippen LogP contribution in [0.25, 0.3) is 17.2 Å². The first-order valence-electron chi connectivity index (χ1n) is 8.36. The summed E-state index contributed by atoms with van der Waals surface area (Å²) in [4.78, 5) is 12.3. The Bertz CT molecular complexity index is 875. The highest BCUT2D eigenvalue weighted by Crippen LogP contribution is 2.36. The van der Waals surface area contributed by atoms with E-state index < -0.39 is 0 Å². The Morgan fingerprint density at radius 1 is 1.12 bits per heavy atom. The minimum absolute atomic E-state index is 0.0361. The van der Waals surface area contributed by atoms with E-state index in [0.717, 1.165) is 48.1 Å². The molecule has 0 saturated carbocycles. The Labute approximate surface area is 141 Å². The standard InChI is InChI=1S/C21H18N2O/c22-13-15-9-17-12-18-8-14(6-7-23-21(18)24)10-20(17)19(11-15)16-4-2-1-3-5-16/h1-5,9,11-12,14H,6-8,10H2,(H,23,24). The lowest BCUT2D eigenvalue weighted by Gasteiger charge is -2.17. The van der Waals surface area contributed by atoms with E-state index in [-0.39, 0.29) is 5.91 Å². The van der Waals surface area contributed by atoms with Gasteiger partial charge in [-0.15, -0.1) is 0 Å². The number of rotatable bonds is 1. The number of fused-ring (bicyclic) bond motifs is 3. The van der Waals surface area contributed by atoms with E-state index in [1.165, 1.54) is 5.56 Å². The van der Waals surface area contributed by atoms with Crippen LogP contribution in [0, 0.1) is 17.2 Å². The van der Waals surface area contributed by atoms with Gasteiger partial charge in [-0.1, -0.05) is 30.3 Å². The lowest BCUT2D eigenvalue weighted by atomic mass is 9.87. The Kier molecular flexibility index (Phi) is 3.66. The smallest absolute Gasteiger partial charge is 0.247 e. The quantitative estimate of drug-likeness (QED) is 0.872. The molecule has 0 aromatic heterocycles. The summed E-state index contributed by atoms with van der Waals surface area (Å²) in [5.41, 5.74) is 6.00. The van der Waals surface area contributed by atoms with Gasteiger partial charge >= 0.3 is 0 Å². The van der Waals surface area contributed by atoms with Crippen LogP contribution < -0.4 is 5.32 Å². The van der Waals surface area contributed by atoms with E-state index in [2.05, 4.69) is 23.5 Å². The molecule has 1 amide bonds. The minimum Gasteiger partial charge on any atom is -0.352 e. The van der Waals surface area contributed by atoms with E-state index in [0.29, 0.717) is 11.5 Å². The van der Waals surface area contributed by atoms with Crippen LogP contribution in [-0.2, 0) is 11.2 Å². The second-order valence-corrected chi connectivity index (χ2v) is 6.56. The largest absolute Gasteiger partial charge is 0.352 e. The SMILES string of the molecule is N#Cc1cc2c(c(-c3ccccc3)c1)CC1CCNC(=O)C(=C2)C1. The number of hydrogen-bond donors (Lipinski definition) is 1.